The molecular weight excluding hydrogens is 176 g/mol. The maximum Gasteiger partial charge on any atom is 0.416 e. The zero-order valence-electron chi connectivity index (χ0n) is 7.15. The molecule has 13 heavy (non-hydrogen) atoms. The highest BCUT2D eigenvalue weighted by molar-refractivity contribution is 6.33. The molecule has 1 aromatic rings. The van der Waals surface area contributed by atoms with Gasteiger partial charge >= 0.3 is 6.18 Å². The van der Waals surface area contributed by atoms with Crippen molar-refractivity contribution < 1.29 is 13.2 Å². The fraction of sp³-hybridized carbons (Fsp3) is 0.333. The van der Waals surface area contributed by atoms with Crippen LogP contribution in [-0.2, 0) is 12.6 Å². The summed E-state index contributed by atoms with van der Waals surface area (Å²) in [6.45, 7) is 1.85. The van der Waals surface area contributed by atoms with Crippen molar-refractivity contribution in [2.24, 2.45) is 0 Å². The second-order valence-electron chi connectivity index (χ2n) is 2.76. The summed E-state index contributed by atoms with van der Waals surface area (Å²) in [5.41, 5.74) is 0.257. The van der Waals surface area contributed by atoms with E-state index in [9.17, 15) is 13.2 Å². The van der Waals surface area contributed by atoms with Gasteiger partial charge in [0.2, 0.25) is 0 Å². The monoisotopic (exact) mass is 184 g/mol. The number of halogens is 3. The number of rotatable bonds is 1. The first-order chi connectivity index (χ1) is 5.95. The van der Waals surface area contributed by atoms with E-state index in [1.807, 2.05) is 6.92 Å². The molecule has 0 aliphatic carbocycles. The third kappa shape index (κ3) is 2.26. The Bertz CT molecular complexity index is 304. The van der Waals surface area contributed by atoms with Crippen LogP contribution in [0.5, 0.6) is 0 Å². The molecule has 0 aromatic heterocycles. The maximum atomic E-state index is 12.1. The van der Waals surface area contributed by atoms with Gasteiger partial charge in [-0.25, -0.2) is 0 Å². The topological polar surface area (TPSA) is 0 Å². The second kappa shape index (κ2) is 3.44. The molecule has 0 N–H and O–H groups in total. The van der Waals surface area contributed by atoms with Crippen LogP contribution < -0.4 is 5.46 Å². The second-order valence-corrected chi connectivity index (χ2v) is 2.76. The normalized spacial score (nSPS) is 11.7. The lowest BCUT2D eigenvalue weighted by atomic mass is 9.88. The Morgan fingerprint density at radius 3 is 2.31 bits per heavy atom. The molecule has 0 aliphatic rings. The van der Waals surface area contributed by atoms with Gasteiger partial charge in [0.05, 0.1) is 5.56 Å². The molecule has 0 spiro atoms. The van der Waals surface area contributed by atoms with Crippen LogP contribution in [0.4, 0.5) is 13.2 Å². The highest BCUT2D eigenvalue weighted by atomic mass is 19.4. The van der Waals surface area contributed by atoms with Gasteiger partial charge in [-0.3, -0.25) is 0 Å². The molecule has 0 amide bonds. The van der Waals surface area contributed by atoms with Crippen LogP contribution in [0, 0.1) is 0 Å². The van der Waals surface area contributed by atoms with Crippen molar-refractivity contribution in [2.45, 2.75) is 19.5 Å². The van der Waals surface area contributed by atoms with Crippen molar-refractivity contribution >= 4 is 13.3 Å². The van der Waals surface area contributed by atoms with E-state index in [1.165, 1.54) is 6.07 Å². The predicted molar refractivity (Wildman–Crippen MR) is 46.2 cm³/mol. The lowest BCUT2D eigenvalue weighted by molar-refractivity contribution is -0.137. The maximum absolute atomic E-state index is 12.1. The van der Waals surface area contributed by atoms with Gasteiger partial charge in [0, 0.05) is 0 Å². The van der Waals surface area contributed by atoms with Crippen molar-refractivity contribution in [3.63, 3.8) is 0 Å². The van der Waals surface area contributed by atoms with Crippen LogP contribution in [0.2, 0.25) is 0 Å². The summed E-state index contributed by atoms with van der Waals surface area (Å²) in [5, 5.41) is 0. The summed E-state index contributed by atoms with van der Waals surface area (Å²) in [6.07, 6.45) is -3.66. The zero-order chi connectivity index (χ0) is 10.1. The van der Waals surface area contributed by atoms with Crippen molar-refractivity contribution in [3.05, 3.63) is 29.3 Å². The first kappa shape index (κ1) is 10.2. The minimum Gasteiger partial charge on any atom is -0.166 e. The van der Waals surface area contributed by atoms with Crippen LogP contribution in [0.3, 0.4) is 0 Å². The van der Waals surface area contributed by atoms with E-state index >= 15 is 0 Å². The molecule has 0 saturated heterocycles. The molecule has 0 bridgehead atoms. The molecule has 1 aromatic carbocycles. The highest BCUT2D eigenvalue weighted by Gasteiger charge is 2.30. The lowest BCUT2D eigenvalue weighted by Gasteiger charge is -2.09. The Kier molecular flexibility index (Phi) is 2.69. The number of hydrogen-bond acceptors (Lipinski definition) is 0. The van der Waals surface area contributed by atoms with E-state index in [0.717, 1.165) is 17.7 Å². The van der Waals surface area contributed by atoms with E-state index in [2.05, 4.69) is 0 Å². The van der Waals surface area contributed by atoms with Crippen molar-refractivity contribution in [2.75, 3.05) is 0 Å². The largest absolute Gasteiger partial charge is 0.416 e. The average molecular weight is 184 g/mol. The van der Waals surface area contributed by atoms with E-state index < -0.39 is 11.7 Å². The van der Waals surface area contributed by atoms with Crippen molar-refractivity contribution in [1.29, 1.82) is 0 Å². The number of aryl methyl sites for hydroxylation is 1. The summed E-state index contributed by atoms with van der Waals surface area (Å²) < 4.78 is 36.4. The zero-order valence-corrected chi connectivity index (χ0v) is 7.15. The molecule has 0 saturated carbocycles. The summed E-state index contributed by atoms with van der Waals surface area (Å²) in [6, 6.07) is 3.44. The Morgan fingerprint density at radius 1 is 1.31 bits per heavy atom. The minimum absolute atomic E-state index is 0.206. The standard InChI is InChI=1S/C9H8BF3/c1-2-6-3-4-7(5-8(6)10)9(11,12)13/h3-5H,2H2,1H3. The van der Waals surface area contributed by atoms with Crippen LogP contribution in [0.1, 0.15) is 18.1 Å². The molecule has 0 unspecified atom stereocenters. The first-order valence-corrected chi connectivity index (χ1v) is 3.90. The van der Waals surface area contributed by atoms with Gasteiger partial charge in [0.25, 0.3) is 0 Å². The van der Waals surface area contributed by atoms with Gasteiger partial charge in [-0.1, -0.05) is 30.1 Å². The minimum atomic E-state index is -4.31. The highest BCUT2D eigenvalue weighted by Crippen LogP contribution is 2.28. The number of hydrogen-bond donors (Lipinski definition) is 0. The first-order valence-electron chi connectivity index (χ1n) is 3.90. The van der Waals surface area contributed by atoms with Crippen molar-refractivity contribution in [3.8, 4) is 0 Å². The van der Waals surface area contributed by atoms with Gasteiger partial charge in [0.1, 0.15) is 7.85 Å². The molecule has 4 heteroatoms. The fourth-order valence-electron chi connectivity index (χ4n) is 1.09. The van der Waals surface area contributed by atoms with E-state index in [0.29, 0.717) is 6.42 Å². The lowest BCUT2D eigenvalue weighted by Crippen LogP contribution is -2.14. The molecule has 0 aliphatic heterocycles. The Balaban J connectivity index is 3.10. The summed E-state index contributed by atoms with van der Waals surface area (Å²) >= 11 is 0. The van der Waals surface area contributed by atoms with Crippen LogP contribution in [-0.4, -0.2) is 7.85 Å². The van der Waals surface area contributed by atoms with Gasteiger partial charge in [0.15, 0.2) is 0 Å². The van der Waals surface area contributed by atoms with E-state index in [-0.39, 0.29) is 5.46 Å². The number of benzene rings is 1. The summed E-state index contributed by atoms with van der Waals surface area (Å²) in [7, 11) is 5.43. The fourth-order valence-corrected chi connectivity index (χ4v) is 1.09. The smallest absolute Gasteiger partial charge is 0.166 e. The molecule has 0 nitrogen and oxygen atoms in total. The van der Waals surface area contributed by atoms with Gasteiger partial charge in [-0.15, -0.1) is 0 Å². The Hall–Kier alpha value is -0.925. The van der Waals surface area contributed by atoms with Crippen LogP contribution in [0.15, 0.2) is 18.2 Å². The molecule has 2 radical (unpaired) electrons. The average Bonchev–Trinajstić information content (AvgIpc) is 2.02. The molecule has 1 rings (SSSR count). The van der Waals surface area contributed by atoms with Crippen molar-refractivity contribution in [1.82, 2.24) is 0 Å². The molecule has 0 atom stereocenters. The van der Waals surface area contributed by atoms with E-state index in [4.69, 9.17) is 7.85 Å². The van der Waals surface area contributed by atoms with E-state index in [1.54, 1.807) is 0 Å². The molecule has 0 fully saturated rings. The number of alkyl halides is 3. The Morgan fingerprint density at radius 2 is 1.92 bits per heavy atom. The molecule has 68 valence electrons. The van der Waals surface area contributed by atoms with Crippen LogP contribution >= 0.6 is 0 Å². The van der Waals surface area contributed by atoms with Gasteiger partial charge < -0.3 is 0 Å². The predicted octanol–water partition coefficient (Wildman–Crippen LogP) is 2.06. The SMILES string of the molecule is [B]c1cc(C(F)(F)F)ccc1CC. The third-order valence-electron chi connectivity index (χ3n) is 1.85. The summed E-state index contributed by atoms with van der Waals surface area (Å²) in [5.74, 6) is 0. The van der Waals surface area contributed by atoms with Gasteiger partial charge in [-0.05, 0) is 12.5 Å². The summed E-state index contributed by atoms with van der Waals surface area (Å²) in [4.78, 5) is 0. The van der Waals surface area contributed by atoms with Crippen LogP contribution in [0.25, 0.3) is 0 Å². The molecular formula is C9H8BF3. The third-order valence-corrected chi connectivity index (χ3v) is 1.85. The quantitative estimate of drug-likeness (QED) is 0.586. The Labute approximate surface area is 76.2 Å². The van der Waals surface area contributed by atoms with Gasteiger partial charge in [-0.2, -0.15) is 13.2 Å². The molecule has 0 heterocycles.